The first-order valence-electron chi connectivity index (χ1n) is 4.59. The van der Waals surface area contributed by atoms with Gasteiger partial charge in [0.2, 0.25) is 0 Å². The number of rotatable bonds is 4. The van der Waals surface area contributed by atoms with Gasteiger partial charge in [0.25, 0.3) is 0 Å². The van der Waals surface area contributed by atoms with E-state index in [-0.39, 0.29) is 21.1 Å². The standard InChI is InChI=1S/C3H12O6Si2.4CH4O.W/c1-7-10(3,4)9-11(5,6)8-2;4*1-2;/h4-6H,1-3H3;4*2H,1H3;. The zero-order valence-electron chi connectivity index (χ0n) is 12.8. The topological polar surface area (TPSA) is 169 Å². The minimum atomic E-state index is -4.15. The molecule has 0 radical (unpaired) electrons. The van der Waals surface area contributed by atoms with E-state index in [0.717, 1.165) is 35.5 Å². The van der Waals surface area contributed by atoms with Crippen LogP contribution in [0.15, 0.2) is 0 Å². The Morgan fingerprint density at radius 2 is 0.900 bits per heavy atom. The molecule has 0 saturated carbocycles. The molecule has 1 atom stereocenters. The quantitative estimate of drug-likeness (QED) is 0.190. The van der Waals surface area contributed by atoms with Crippen LogP contribution in [0.1, 0.15) is 0 Å². The minimum absolute atomic E-state index is 0. The fourth-order valence-electron chi connectivity index (χ4n) is 0.330. The minimum Gasteiger partial charge on any atom is -0.400 e. The van der Waals surface area contributed by atoms with Crippen LogP contribution in [0.5, 0.6) is 0 Å². The molecular weight excluding hydrogens is 484 g/mol. The fourth-order valence-corrected chi connectivity index (χ4v) is 2.97. The molecule has 0 aromatic carbocycles. The molecule has 7 N–H and O–H groups in total. The molecule has 0 heterocycles. The van der Waals surface area contributed by atoms with E-state index in [1.807, 2.05) is 0 Å². The van der Waals surface area contributed by atoms with E-state index in [0.29, 0.717) is 0 Å². The van der Waals surface area contributed by atoms with Gasteiger partial charge in [-0.3, -0.25) is 0 Å². The van der Waals surface area contributed by atoms with Crippen LogP contribution in [0.4, 0.5) is 0 Å². The van der Waals surface area contributed by atoms with Gasteiger partial charge in [0.05, 0.1) is 0 Å². The van der Waals surface area contributed by atoms with Gasteiger partial charge >= 0.3 is 17.9 Å². The smallest absolute Gasteiger partial charge is 0.400 e. The second-order valence-electron chi connectivity index (χ2n) is 1.96. The molecule has 20 heavy (non-hydrogen) atoms. The van der Waals surface area contributed by atoms with Crippen molar-refractivity contribution in [1.82, 2.24) is 0 Å². The second kappa shape index (κ2) is 28.0. The van der Waals surface area contributed by atoms with Crippen molar-refractivity contribution in [3.05, 3.63) is 0 Å². The van der Waals surface area contributed by atoms with E-state index in [1.165, 1.54) is 13.7 Å². The Hall–Kier alpha value is 0.722. The van der Waals surface area contributed by atoms with Crippen molar-refractivity contribution in [3.63, 3.8) is 0 Å². The average Bonchev–Trinajstić information content (AvgIpc) is 2.46. The van der Waals surface area contributed by atoms with E-state index in [9.17, 15) is 0 Å². The summed E-state index contributed by atoms with van der Waals surface area (Å²) in [5.74, 6) is 0. The van der Waals surface area contributed by atoms with Gasteiger partial charge in [-0.15, -0.1) is 0 Å². The summed E-state index contributed by atoms with van der Waals surface area (Å²) in [4.78, 5) is 26.8. The fraction of sp³-hybridized carbons (Fsp3) is 1.00. The molecule has 0 fully saturated rings. The van der Waals surface area contributed by atoms with Crippen molar-refractivity contribution in [3.8, 4) is 0 Å². The summed E-state index contributed by atoms with van der Waals surface area (Å²) in [5, 5.41) is 28.0. The maximum atomic E-state index is 9.12. The Kier molecular flexibility index (Phi) is 52.0. The summed E-state index contributed by atoms with van der Waals surface area (Å²) in [7, 11) is -1.25. The predicted octanol–water partition coefficient (Wildman–Crippen LogP) is -3.29. The van der Waals surface area contributed by atoms with Crippen LogP contribution in [0.2, 0.25) is 6.55 Å². The van der Waals surface area contributed by atoms with E-state index in [2.05, 4.69) is 13.0 Å². The van der Waals surface area contributed by atoms with Gasteiger partial charge in [-0.25, -0.2) is 0 Å². The van der Waals surface area contributed by atoms with E-state index < -0.39 is 17.9 Å². The zero-order valence-corrected chi connectivity index (χ0v) is 17.7. The summed E-state index contributed by atoms with van der Waals surface area (Å²) in [5.41, 5.74) is 0. The first-order valence-corrected chi connectivity index (χ1v) is 8.57. The molecule has 0 aromatic rings. The Labute approximate surface area is 136 Å². The molecule has 0 spiro atoms. The molecule has 0 aliphatic heterocycles. The maximum absolute atomic E-state index is 9.12. The van der Waals surface area contributed by atoms with Crippen LogP contribution in [0, 0.1) is 0 Å². The van der Waals surface area contributed by atoms with Crippen LogP contribution in [0.25, 0.3) is 0 Å². The van der Waals surface area contributed by atoms with E-state index in [1.54, 1.807) is 0 Å². The number of aliphatic hydroxyl groups excluding tert-OH is 4. The van der Waals surface area contributed by atoms with E-state index in [4.69, 9.17) is 34.8 Å². The van der Waals surface area contributed by atoms with Crippen LogP contribution in [-0.4, -0.2) is 95.3 Å². The summed E-state index contributed by atoms with van der Waals surface area (Å²) >= 11 is 0. The Balaban J connectivity index is -0.0000000467. The Morgan fingerprint density at radius 1 is 0.650 bits per heavy atom. The van der Waals surface area contributed by atoms with E-state index >= 15 is 0 Å². The van der Waals surface area contributed by atoms with Gasteiger partial charge in [-0.1, -0.05) is 0 Å². The number of aliphatic hydroxyl groups is 4. The first kappa shape index (κ1) is 37.2. The van der Waals surface area contributed by atoms with Gasteiger partial charge in [-0.2, -0.15) is 0 Å². The summed E-state index contributed by atoms with van der Waals surface area (Å²) < 4.78 is 13.1. The van der Waals surface area contributed by atoms with Crippen LogP contribution < -0.4 is 0 Å². The van der Waals surface area contributed by atoms with Crippen molar-refractivity contribution in [2.45, 2.75) is 6.55 Å². The summed E-state index contributed by atoms with van der Waals surface area (Å²) in [6, 6.07) is 0. The van der Waals surface area contributed by atoms with Gasteiger partial charge in [0, 0.05) is 70.3 Å². The molecule has 0 amide bonds. The Bertz CT molecular complexity index is 127. The Morgan fingerprint density at radius 3 is 1.05 bits per heavy atom. The molecule has 10 nitrogen and oxygen atoms in total. The molecule has 130 valence electrons. The van der Waals surface area contributed by atoms with Crippen LogP contribution in [0.3, 0.4) is 0 Å². The van der Waals surface area contributed by atoms with Crippen LogP contribution in [-0.2, 0) is 34.0 Å². The largest absolute Gasteiger partial charge is 0.666 e. The van der Waals surface area contributed by atoms with Crippen molar-refractivity contribution < 1.29 is 68.8 Å². The predicted molar refractivity (Wildman–Crippen MR) is 71.7 cm³/mol. The van der Waals surface area contributed by atoms with Gasteiger partial charge < -0.3 is 47.8 Å². The first-order chi connectivity index (χ1) is 8.83. The third-order valence-electron chi connectivity index (χ3n) is 0.967. The molecule has 0 aliphatic carbocycles. The molecule has 0 aliphatic rings. The molecule has 13 heteroatoms. The van der Waals surface area contributed by atoms with Crippen molar-refractivity contribution in [2.24, 2.45) is 0 Å². The van der Waals surface area contributed by atoms with Crippen molar-refractivity contribution in [2.75, 3.05) is 42.7 Å². The van der Waals surface area contributed by atoms with Gasteiger partial charge in [0.1, 0.15) is 0 Å². The third-order valence-corrected chi connectivity index (χ3v) is 4.83. The molecular formula is C7H28O10Si2W. The monoisotopic (exact) mass is 512 g/mol. The van der Waals surface area contributed by atoms with Crippen LogP contribution >= 0.6 is 0 Å². The maximum Gasteiger partial charge on any atom is 0.666 e. The summed E-state index contributed by atoms with van der Waals surface area (Å²) in [6.45, 7) is 1.25. The molecule has 0 aromatic heterocycles. The molecule has 0 bridgehead atoms. The van der Waals surface area contributed by atoms with Gasteiger partial charge in [0.15, 0.2) is 0 Å². The molecule has 0 saturated heterocycles. The number of hydrogen-bond donors (Lipinski definition) is 7. The van der Waals surface area contributed by atoms with Gasteiger partial charge in [-0.05, 0) is 0 Å². The van der Waals surface area contributed by atoms with Crippen molar-refractivity contribution >= 4 is 17.9 Å². The van der Waals surface area contributed by atoms with Crippen molar-refractivity contribution in [1.29, 1.82) is 0 Å². The normalized spacial score (nSPS) is 11.1. The molecule has 1 unspecified atom stereocenters. The SMILES string of the molecule is CO.CO.CO.CO.CO[Si](C)(O)O[Si](O)(O)OC.[W]. The number of hydrogen-bond acceptors (Lipinski definition) is 10. The third kappa shape index (κ3) is 36.3. The average molecular weight is 512 g/mol. The summed E-state index contributed by atoms with van der Waals surface area (Å²) in [6.07, 6.45) is 0. The zero-order chi connectivity index (χ0) is 17.1. The molecule has 0 rings (SSSR count). The second-order valence-corrected chi connectivity index (χ2v) is 6.48.